The third-order valence-corrected chi connectivity index (χ3v) is 3.41. The predicted molar refractivity (Wildman–Crippen MR) is 81.4 cm³/mol. The van der Waals surface area contributed by atoms with Gasteiger partial charge in [0, 0.05) is 18.0 Å². The number of nitrogens with zero attached hydrogens (tertiary/aromatic N) is 2. The van der Waals surface area contributed by atoms with Gasteiger partial charge in [0.15, 0.2) is 0 Å². The highest BCUT2D eigenvalue weighted by molar-refractivity contribution is 5.95. The lowest BCUT2D eigenvalue weighted by Gasteiger charge is -2.08. The van der Waals surface area contributed by atoms with Crippen molar-refractivity contribution in [1.29, 1.82) is 5.26 Å². The summed E-state index contributed by atoms with van der Waals surface area (Å²) in [5.41, 5.74) is 7.80. The topological polar surface area (TPSA) is 80.5 Å². The molecule has 3 aromatic rings. The number of nitrogens with two attached hydrogens (primary N) is 1. The number of hydrogen-bond donors (Lipinski definition) is 1. The van der Waals surface area contributed by atoms with Gasteiger partial charge in [0.05, 0.1) is 16.6 Å². The maximum atomic E-state index is 11.4. The van der Waals surface area contributed by atoms with Crippen LogP contribution in [0, 0.1) is 11.3 Å². The fourth-order valence-electron chi connectivity index (χ4n) is 2.37. The lowest BCUT2D eigenvalue weighted by molar-refractivity contribution is 0.0996. The largest absolute Gasteiger partial charge is 0.488 e. The first-order chi connectivity index (χ1) is 10.7. The molecule has 2 heterocycles. The Hall–Kier alpha value is -3.26. The summed E-state index contributed by atoms with van der Waals surface area (Å²) in [5, 5.41) is 9.35. The van der Waals surface area contributed by atoms with Gasteiger partial charge in [-0.1, -0.05) is 18.2 Å². The molecule has 0 saturated carbocycles. The second-order valence-corrected chi connectivity index (χ2v) is 4.78. The Morgan fingerprint density at radius 1 is 1.23 bits per heavy atom. The zero-order chi connectivity index (χ0) is 15.5. The number of fused-ring (bicyclic) bond motifs is 1. The SMILES string of the molecule is N#Cc1c(COc2ccccc2C(N)=O)cn2ccccc12. The first-order valence-corrected chi connectivity index (χ1v) is 6.71. The second-order valence-electron chi connectivity index (χ2n) is 4.78. The number of amides is 1. The lowest BCUT2D eigenvalue weighted by Crippen LogP contribution is -2.12. The number of nitriles is 1. The van der Waals surface area contributed by atoms with E-state index in [0.717, 1.165) is 11.1 Å². The van der Waals surface area contributed by atoms with Gasteiger partial charge in [0.2, 0.25) is 0 Å². The smallest absolute Gasteiger partial charge is 0.252 e. The van der Waals surface area contributed by atoms with Crippen molar-refractivity contribution < 1.29 is 9.53 Å². The van der Waals surface area contributed by atoms with Gasteiger partial charge in [-0.25, -0.2) is 0 Å². The van der Waals surface area contributed by atoms with Gasteiger partial charge in [-0.05, 0) is 24.3 Å². The standard InChI is InChI=1S/C17H13N3O2/c18-9-14-12(10-20-8-4-3-6-15(14)20)11-22-16-7-2-1-5-13(16)17(19)21/h1-8,10H,11H2,(H2,19,21). The van der Waals surface area contributed by atoms with Gasteiger partial charge in [0.25, 0.3) is 5.91 Å². The molecule has 0 aliphatic rings. The number of hydrogen-bond acceptors (Lipinski definition) is 3. The first kappa shape index (κ1) is 13.7. The number of benzene rings is 1. The van der Waals surface area contributed by atoms with E-state index in [1.165, 1.54) is 0 Å². The minimum absolute atomic E-state index is 0.189. The van der Waals surface area contributed by atoms with Crippen molar-refractivity contribution in [3.8, 4) is 11.8 Å². The van der Waals surface area contributed by atoms with Gasteiger partial charge < -0.3 is 14.9 Å². The zero-order valence-corrected chi connectivity index (χ0v) is 11.7. The zero-order valence-electron chi connectivity index (χ0n) is 11.7. The Balaban J connectivity index is 1.92. The second kappa shape index (κ2) is 5.62. The molecule has 2 N–H and O–H groups in total. The van der Waals surface area contributed by atoms with Crippen LogP contribution in [0.4, 0.5) is 0 Å². The van der Waals surface area contributed by atoms with Crippen LogP contribution in [-0.4, -0.2) is 10.3 Å². The van der Waals surface area contributed by atoms with Crippen molar-refractivity contribution in [2.75, 3.05) is 0 Å². The van der Waals surface area contributed by atoms with E-state index in [2.05, 4.69) is 6.07 Å². The third kappa shape index (κ3) is 2.38. The Labute approximate surface area is 127 Å². The van der Waals surface area contributed by atoms with Crippen molar-refractivity contribution in [3.05, 3.63) is 71.5 Å². The lowest BCUT2D eigenvalue weighted by atomic mass is 10.2. The third-order valence-electron chi connectivity index (χ3n) is 3.41. The van der Waals surface area contributed by atoms with E-state index in [4.69, 9.17) is 10.5 Å². The highest BCUT2D eigenvalue weighted by Gasteiger charge is 2.13. The number of pyridine rings is 1. The molecule has 0 saturated heterocycles. The summed E-state index contributed by atoms with van der Waals surface area (Å²) in [6, 6.07) is 14.6. The normalized spacial score (nSPS) is 10.3. The summed E-state index contributed by atoms with van der Waals surface area (Å²) in [7, 11) is 0. The molecule has 3 rings (SSSR count). The Kier molecular flexibility index (Phi) is 3.50. The van der Waals surface area contributed by atoms with Crippen molar-refractivity contribution >= 4 is 11.4 Å². The molecule has 1 aromatic carbocycles. The predicted octanol–water partition coefficient (Wildman–Crippen LogP) is 2.49. The molecule has 0 atom stereocenters. The molecule has 0 aliphatic heterocycles. The minimum Gasteiger partial charge on any atom is -0.488 e. The van der Waals surface area contributed by atoms with Crippen molar-refractivity contribution in [3.63, 3.8) is 0 Å². The van der Waals surface area contributed by atoms with Gasteiger partial charge in [0.1, 0.15) is 18.4 Å². The van der Waals surface area contributed by atoms with Gasteiger partial charge in [-0.3, -0.25) is 4.79 Å². The molecule has 22 heavy (non-hydrogen) atoms. The number of carbonyl (C=O) groups is 1. The number of para-hydroxylation sites is 1. The van der Waals surface area contributed by atoms with Crippen LogP contribution in [-0.2, 0) is 6.61 Å². The highest BCUT2D eigenvalue weighted by atomic mass is 16.5. The van der Waals surface area contributed by atoms with E-state index < -0.39 is 5.91 Å². The van der Waals surface area contributed by atoms with E-state index in [1.54, 1.807) is 24.3 Å². The molecule has 0 spiro atoms. The fraction of sp³-hybridized carbons (Fsp3) is 0.0588. The molecular weight excluding hydrogens is 278 g/mol. The van der Waals surface area contributed by atoms with Crippen molar-refractivity contribution in [1.82, 2.24) is 4.40 Å². The summed E-state index contributed by atoms with van der Waals surface area (Å²) >= 11 is 0. The van der Waals surface area contributed by atoms with Crippen LogP contribution in [0.15, 0.2) is 54.9 Å². The molecule has 0 unspecified atom stereocenters. The van der Waals surface area contributed by atoms with Crippen molar-refractivity contribution in [2.24, 2.45) is 5.73 Å². The number of primary amides is 1. The highest BCUT2D eigenvalue weighted by Crippen LogP contribution is 2.22. The van der Waals surface area contributed by atoms with Crippen LogP contribution >= 0.6 is 0 Å². The van der Waals surface area contributed by atoms with Gasteiger partial charge in [-0.15, -0.1) is 0 Å². The average molecular weight is 291 g/mol. The maximum absolute atomic E-state index is 11.4. The summed E-state index contributed by atoms with van der Waals surface area (Å²) in [6.07, 6.45) is 3.72. The molecule has 0 radical (unpaired) electrons. The van der Waals surface area contributed by atoms with Crippen LogP contribution in [0.1, 0.15) is 21.5 Å². The molecule has 108 valence electrons. The fourth-order valence-corrected chi connectivity index (χ4v) is 2.37. The van der Waals surface area contributed by atoms with Crippen LogP contribution in [0.5, 0.6) is 5.75 Å². The van der Waals surface area contributed by atoms with Crippen LogP contribution in [0.2, 0.25) is 0 Å². The number of rotatable bonds is 4. The first-order valence-electron chi connectivity index (χ1n) is 6.71. The maximum Gasteiger partial charge on any atom is 0.252 e. The molecule has 5 nitrogen and oxygen atoms in total. The summed E-state index contributed by atoms with van der Waals surface area (Å²) in [6.45, 7) is 0.189. The molecule has 0 bridgehead atoms. The molecule has 1 amide bonds. The van der Waals surface area contributed by atoms with E-state index >= 15 is 0 Å². The summed E-state index contributed by atoms with van der Waals surface area (Å²) in [5.74, 6) is -0.132. The molecule has 2 aromatic heterocycles. The monoisotopic (exact) mass is 291 g/mol. The van der Waals surface area contributed by atoms with Crippen molar-refractivity contribution in [2.45, 2.75) is 6.61 Å². The molecular formula is C17H13N3O2. The van der Waals surface area contributed by atoms with Crippen LogP contribution in [0.3, 0.4) is 0 Å². The number of carbonyl (C=O) groups excluding carboxylic acids is 1. The van der Waals surface area contributed by atoms with E-state index in [0.29, 0.717) is 16.9 Å². The van der Waals surface area contributed by atoms with E-state index in [9.17, 15) is 10.1 Å². The Morgan fingerprint density at radius 3 is 2.77 bits per heavy atom. The minimum atomic E-state index is -0.543. The molecule has 5 heteroatoms. The van der Waals surface area contributed by atoms with E-state index in [-0.39, 0.29) is 6.61 Å². The summed E-state index contributed by atoms with van der Waals surface area (Å²) in [4.78, 5) is 11.4. The van der Waals surface area contributed by atoms with Gasteiger partial charge >= 0.3 is 0 Å². The van der Waals surface area contributed by atoms with E-state index in [1.807, 2.05) is 35.0 Å². The Bertz CT molecular complexity index is 890. The number of ether oxygens (including phenoxy) is 1. The molecule has 0 fully saturated rings. The molecule has 0 aliphatic carbocycles. The van der Waals surface area contributed by atoms with Gasteiger partial charge in [-0.2, -0.15) is 5.26 Å². The quantitative estimate of drug-likeness (QED) is 0.802. The van der Waals surface area contributed by atoms with Crippen LogP contribution in [0.25, 0.3) is 5.52 Å². The van der Waals surface area contributed by atoms with Crippen LogP contribution < -0.4 is 10.5 Å². The Morgan fingerprint density at radius 2 is 2.00 bits per heavy atom. The number of aromatic nitrogens is 1. The average Bonchev–Trinajstić information content (AvgIpc) is 2.90. The summed E-state index contributed by atoms with van der Waals surface area (Å²) < 4.78 is 7.56.